The number of aliphatic imine (C=N–C) groups is 1. The molecule has 33 heavy (non-hydrogen) atoms. The standard InChI is InChI=1S/C22H25F5N4O2/c1-4-15(9-28-13(2)3)18(22(25,26)27)30-19(32)16-7-8-17(31-11-21(23,24)12-31)20(29-16)33-10-14-5-6-14/h4,7-9,14,18H,2,5-6,10-12H2,1,3H3,(H,30,32)/b15-4+,28-9?/t18-/m1/s1. The van der Waals surface area contributed by atoms with Crippen LogP contribution in [0.5, 0.6) is 5.88 Å². The van der Waals surface area contributed by atoms with Gasteiger partial charge in [0, 0.05) is 11.9 Å². The van der Waals surface area contributed by atoms with Gasteiger partial charge >= 0.3 is 6.18 Å². The van der Waals surface area contributed by atoms with Gasteiger partial charge in [0.15, 0.2) is 6.04 Å². The van der Waals surface area contributed by atoms with Crippen molar-refractivity contribution in [3.8, 4) is 5.88 Å². The topological polar surface area (TPSA) is 66.8 Å². The normalized spacial score (nSPS) is 19.2. The Morgan fingerprint density at radius 1 is 1.39 bits per heavy atom. The molecule has 0 unspecified atom stereocenters. The van der Waals surface area contributed by atoms with E-state index in [-0.39, 0.29) is 22.8 Å². The minimum absolute atomic E-state index is 0.0521. The van der Waals surface area contributed by atoms with Crippen LogP contribution >= 0.6 is 0 Å². The number of allylic oxidation sites excluding steroid dienone is 2. The molecule has 1 saturated heterocycles. The maximum absolute atomic E-state index is 13.7. The minimum atomic E-state index is -4.80. The van der Waals surface area contributed by atoms with Crippen molar-refractivity contribution in [3.05, 3.63) is 41.8 Å². The van der Waals surface area contributed by atoms with Gasteiger partial charge in [-0.15, -0.1) is 0 Å². The summed E-state index contributed by atoms with van der Waals surface area (Å²) in [6.07, 6.45) is -0.695. The molecule has 1 saturated carbocycles. The summed E-state index contributed by atoms with van der Waals surface area (Å²) in [4.78, 5) is 21.9. The summed E-state index contributed by atoms with van der Waals surface area (Å²) in [5, 5.41) is 1.94. The van der Waals surface area contributed by atoms with Gasteiger partial charge in [0.25, 0.3) is 11.8 Å². The second-order valence-electron chi connectivity index (χ2n) is 8.22. The summed E-state index contributed by atoms with van der Waals surface area (Å²) in [6.45, 7) is 5.67. The van der Waals surface area contributed by atoms with Gasteiger partial charge in [-0.1, -0.05) is 12.7 Å². The van der Waals surface area contributed by atoms with Gasteiger partial charge in [0.1, 0.15) is 11.4 Å². The summed E-state index contributed by atoms with van der Waals surface area (Å²) >= 11 is 0. The number of rotatable bonds is 9. The summed E-state index contributed by atoms with van der Waals surface area (Å²) in [5.41, 5.74) is -0.0250. The maximum Gasteiger partial charge on any atom is 0.412 e. The molecule has 11 heteroatoms. The number of carbonyl (C=O) groups excluding carboxylic acids is 1. The SMILES string of the molecule is C=C(C)N=C/C(=C\C)[C@@H](NC(=O)c1ccc(N2CC(F)(F)C2)c(OCC2CC2)n1)C(F)(F)F. The molecule has 1 aromatic rings. The number of alkyl halides is 5. The Balaban J connectivity index is 1.83. The van der Waals surface area contributed by atoms with E-state index in [1.165, 1.54) is 37.0 Å². The van der Waals surface area contributed by atoms with Crippen LogP contribution in [0, 0.1) is 5.92 Å². The minimum Gasteiger partial charge on any atom is -0.476 e. The molecule has 2 aliphatic rings. The molecule has 2 heterocycles. The number of carbonyl (C=O) groups is 1. The number of nitrogens with one attached hydrogen (secondary N) is 1. The van der Waals surface area contributed by atoms with Crippen LogP contribution in [0.2, 0.25) is 0 Å². The molecule has 0 radical (unpaired) electrons. The molecule has 3 rings (SSSR count). The van der Waals surface area contributed by atoms with Crippen LogP contribution in [0.25, 0.3) is 0 Å². The van der Waals surface area contributed by atoms with Crippen molar-refractivity contribution in [1.29, 1.82) is 0 Å². The smallest absolute Gasteiger partial charge is 0.412 e. The first-order valence-electron chi connectivity index (χ1n) is 10.4. The Kier molecular flexibility index (Phi) is 7.08. The van der Waals surface area contributed by atoms with Crippen molar-refractivity contribution in [1.82, 2.24) is 10.3 Å². The molecule has 1 aromatic heterocycles. The molecular formula is C22H25F5N4O2. The first-order chi connectivity index (χ1) is 15.4. The third kappa shape index (κ3) is 6.52. The largest absolute Gasteiger partial charge is 0.476 e. The van der Waals surface area contributed by atoms with E-state index in [0.29, 0.717) is 18.2 Å². The third-order valence-electron chi connectivity index (χ3n) is 5.11. The van der Waals surface area contributed by atoms with Crippen molar-refractivity contribution < 1.29 is 31.5 Å². The van der Waals surface area contributed by atoms with Crippen molar-refractivity contribution in [2.24, 2.45) is 10.9 Å². The van der Waals surface area contributed by atoms with Gasteiger partial charge < -0.3 is 15.0 Å². The molecule has 6 nitrogen and oxygen atoms in total. The van der Waals surface area contributed by atoms with Gasteiger partial charge in [-0.3, -0.25) is 9.79 Å². The monoisotopic (exact) mass is 472 g/mol. The molecule has 1 amide bonds. The fourth-order valence-corrected chi connectivity index (χ4v) is 3.13. The van der Waals surface area contributed by atoms with Crippen LogP contribution in [-0.2, 0) is 0 Å². The lowest BCUT2D eigenvalue weighted by Crippen LogP contribution is -2.56. The molecule has 0 aromatic carbocycles. The Morgan fingerprint density at radius 3 is 2.58 bits per heavy atom. The number of nitrogens with zero attached hydrogens (tertiary/aromatic N) is 3. The van der Waals surface area contributed by atoms with E-state index in [1.807, 2.05) is 5.32 Å². The van der Waals surface area contributed by atoms with Gasteiger partial charge in [0.05, 0.1) is 19.7 Å². The molecule has 1 atom stereocenters. The maximum atomic E-state index is 13.7. The fourth-order valence-electron chi connectivity index (χ4n) is 3.13. The molecule has 1 N–H and O–H groups in total. The van der Waals surface area contributed by atoms with E-state index in [0.717, 1.165) is 19.1 Å². The lowest BCUT2D eigenvalue weighted by molar-refractivity contribution is -0.143. The zero-order chi connectivity index (χ0) is 24.4. The third-order valence-corrected chi connectivity index (χ3v) is 5.11. The highest BCUT2D eigenvalue weighted by molar-refractivity contribution is 5.94. The van der Waals surface area contributed by atoms with Crippen LogP contribution in [0.4, 0.5) is 27.6 Å². The summed E-state index contributed by atoms with van der Waals surface area (Å²) < 4.78 is 73.3. The fraction of sp³-hybridized carbons (Fsp3) is 0.500. The number of halogens is 5. The number of ether oxygens (including phenoxy) is 1. The Labute approximate surface area is 188 Å². The quantitative estimate of drug-likeness (QED) is 0.424. The van der Waals surface area contributed by atoms with Crippen LogP contribution < -0.4 is 15.0 Å². The van der Waals surface area contributed by atoms with Crippen molar-refractivity contribution in [2.45, 2.75) is 44.8 Å². The second-order valence-corrected chi connectivity index (χ2v) is 8.22. The van der Waals surface area contributed by atoms with Crippen LogP contribution in [-0.4, -0.2) is 54.9 Å². The molecule has 180 valence electrons. The zero-order valence-corrected chi connectivity index (χ0v) is 18.3. The van der Waals surface area contributed by atoms with E-state index < -0.39 is 37.1 Å². The number of anilines is 1. The highest BCUT2D eigenvalue weighted by Gasteiger charge is 2.46. The molecule has 0 spiro atoms. The number of amides is 1. The first-order valence-corrected chi connectivity index (χ1v) is 10.4. The van der Waals surface area contributed by atoms with E-state index in [4.69, 9.17) is 4.74 Å². The zero-order valence-electron chi connectivity index (χ0n) is 18.3. The van der Waals surface area contributed by atoms with Crippen molar-refractivity contribution in [3.63, 3.8) is 0 Å². The first kappa shape index (κ1) is 24.7. The van der Waals surface area contributed by atoms with Gasteiger partial charge in [0.2, 0.25) is 5.88 Å². The molecular weight excluding hydrogens is 447 g/mol. The molecule has 1 aliphatic carbocycles. The average Bonchev–Trinajstić information content (AvgIpc) is 3.53. The molecule has 2 fully saturated rings. The summed E-state index contributed by atoms with van der Waals surface area (Å²) in [5.74, 6) is -3.66. The van der Waals surface area contributed by atoms with E-state index in [1.54, 1.807) is 0 Å². The highest BCUT2D eigenvalue weighted by Crippen LogP contribution is 2.38. The lowest BCUT2D eigenvalue weighted by Gasteiger charge is -2.40. The Hall–Kier alpha value is -2.98. The number of hydrogen-bond donors (Lipinski definition) is 1. The van der Waals surface area contributed by atoms with Crippen LogP contribution in [0.1, 0.15) is 37.2 Å². The van der Waals surface area contributed by atoms with E-state index in [9.17, 15) is 26.7 Å². The Morgan fingerprint density at radius 2 is 2.06 bits per heavy atom. The second kappa shape index (κ2) is 9.48. The summed E-state index contributed by atoms with van der Waals surface area (Å²) in [6, 6.07) is 0.223. The number of hydrogen-bond acceptors (Lipinski definition) is 5. The molecule has 0 bridgehead atoms. The van der Waals surface area contributed by atoms with Crippen molar-refractivity contribution in [2.75, 3.05) is 24.6 Å². The predicted molar refractivity (Wildman–Crippen MR) is 114 cm³/mol. The van der Waals surface area contributed by atoms with Crippen LogP contribution in [0.3, 0.4) is 0 Å². The lowest BCUT2D eigenvalue weighted by atomic mass is 10.1. The van der Waals surface area contributed by atoms with E-state index in [2.05, 4.69) is 16.6 Å². The predicted octanol–water partition coefficient (Wildman–Crippen LogP) is 4.54. The Bertz CT molecular complexity index is 962. The highest BCUT2D eigenvalue weighted by atomic mass is 19.4. The van der Waals surface area contributed by atoms with Crippen molar-refractivity contribution >= 4 is 17.8 Å². The van der Waals surface area contributed by atoms with E-state index >= 15 is 0 Å². The number of aromatic nitrogens is 1. The van der Waals surface area contributed by atoms with Gasteiger partial charge in [-0.25, -0.2) is 13.8 Å². The number of pyridine rings is 1. The summed E-state index contributed by atoms with van der Waals surface area (Å²) in [7, 11) is 0. The average molecular weight is 472 g/mol. The molecule has 1 aliphatic heterocycles. The van der Waals surface area contributed by atoms with Gasteiger partial charge in [-0.05, 0) is 50.3 Å². The van der Waals surface area contributed by atoms with Crippen LogP contribution in [0.15, 0.2) is 41.1 Å². The van der Waals surface area contributed by atoms with Gasteiger partial charge in [-0.2, -0.15) is 13.2 Å².